The standard InChI is InChI=1S/C30H36N4O4/c1-21-9-11-23(12-10-21)31-14-16-32(17-15-31)28(35)22-5-3-13-33(19-22)26-8-2-7-25-27(26)30(37)34(29(25)36)20-24-6-4-18-38-24/h2,7-12,22,24H,3-6,13-20H2,1H3/t22-,24-/m1/s1. The number of amides is 3. The Morgan fingerprint density at radius 2 is 1.68 bits per heavy atom. The summed E-state index contributed by atoms with van der Waals surface area (Å²) in [5, 5.41) is 0. The fraction of sp³-hybridized carbons (Fsp3) is 0.500. The Bertz CT molecular complexity index is 1220. The molecule has 3 fully saturated rings. The largest absolute Gasteiger partial charge is 0.376 e. The van der Waals surface area contributed by atoms with E-state index in [1.54, 1.807) is 6.07 Å². The average Bonchev–Trinajstić information content (AvgIpc) is 3.56. The van der Waals surface area contributed by atoms with E-state index in [4.69, 9.17) is 4.74 Å². The van der Waals surface area contributed by atoms with Crippen molar-refractivity contribution in [1.29, 1.82) is 0 Å². The number of piperazine rings is 1. The van der Waals surface area contributed by atoms with E-state index in [0.29, 0.717) is 30.8 Å². The van der Waals surface area contributed by atoms with Gasteiger partial charge in [-0.1, -0.05) is 23.8 Å². The number of hydrogen-bond donors (Lipinski definition) is 0. The highest BCUT2D eigenvalue weighted by Crippen LogP contribution is 2.35. The quantitative estimate of drug-likeness (QED) is 0.568. The van der Waals surface area contributed by atoms with Gasteiger partial charge in [-0.2, -0.15) is 0 Å². The Balaban J connectivity index is 1.12. The van der Waals surface area contributed by atoms with E-state index in [2.05, 4.69) is 41.0 Å². The number of benzene rings is 2. The number of imide groups is 1. The summed E-state index contributed by atoms with van der Waals surface area (Å²) in [6.45, 7) is 7.51. The van der Waals surface area contributed by atoms with Gasteiger partial charge in [0, 0.05) is 51.6 Å². The summed E-state index contributed by atoms with van der Waals surface area (Å²) in [4.78, 5) is 47.9. The second-order valence-electron chi connectivity index (χ2n) is 11.0. The lowest BCUT2D eigenvalue weighted by Gasteiger charge is -2.40. The van der Waals surface area contributed by atoms with Crippen molar-refractivity contribution in [2.24, 2.45) is 5.92 Å². The van der Waals surface area contributed by atoms with Crippen molar-refractivity contribution in [3.8, 4) is 0 Å². The number of carbonyl (C=O) groups is 3. The predicted octanol–water partition coefficient (Wildman–Crippen LogP) is 3.34. The van der Waals surface area contributed by atoms with E-state index in [-0.39, 0.29) is 29.7 Å². The van der Waals surface area contributed by atoms with Gasteiger partial charge >= 0.3 is 0 Å². The third kappa shape index (κ3) is 4.66. The second kappa shape index (κ2) is 10.4. The molecule has 8 heteroatoms. The van der Waals surface area contributed by atoms with Crippen molar-refractivity contribution in [1.82, 2.24) is 9.80 Å². The maximum absolute atomic E-state index is 13.6. The maximum Gasteiger partial charge on any atom is 0.263 e. The van der Waals surface area contributed by atoms with Crippen molar-refractivity contribution in [3.05, 3.63) is 59.2 Å². The van der Waals surface area contributed by atoms with Crippen LogP contribution in [0.2, 0.25) is 0 Å². The molecule has 8 nitrogen and oxygen atoms in total. The van der Waals surface area contributed by atoms with E-state index in [1.165, 1.54) is 16.2 Å². The van der Waals surface area contributed by atoms with Crippen LogP contribution >= 0.6 is 0 Å². The lowest BCUT2D eigenvalue weighted by molar-refractivity contribution is -0.136. The van der Waals surface area contributed by atoms with Crippen LogP contribution < -0.4 is 9.80 Å². The van der Waals surface area contributed by atoms with Crippen molar-refractivity contribution in [2.75, 3.05) is 62.2 Å². The second-order valence-corrected chi connectivity index (χ2v) is 11.0. The van der Waals surface area contributed by atoms with Gasteiger partial charge in [0.25, 0.3) is 11.8 Å². The Morgan fingerprint density at radius 1 is 0.895 bits per heavy atom. The fourth-order valence-corrected chi connectivity index (χ4v) is 6.33. The minimum Gasteiger partial charge on any atom is -0.376 e. The van der Waals surface area contributed by atoms with Gasteiger partial charge in [0.05, 0.1) is 35.4 Å². The summed E-state index contributed by atoms with van der Waals surface area (Å²) in [7, 11) is 0. The molecule has 4 aliphatic heterocycles. The van der Waals surface area contributed by atoms with Crippen LogP contribution in [0.25, 0.3) is 0 Å². The highest BCUT2D eigenvalue weighted by Gasteiger charge is 2.41. The van der Waals surface area contributed by atoms with E-state index in [1.807, 2.05) is 17.0 Å². The summed E-state index contributed by atoms with van der Waals surface area (Å²) >= 11 is 0. The van der Waals surface area contributed by atoms with Crippen LogP contribution in [-0.2, 0) is 9.53 Å². The van der Waals surface area contributed by atoms with Gasteiger partial charge in [-0.3, -0.25) is 19.3 Å². The molecule has 0 bridgehead atoms. The van der Waals surface area contributed by atoms with Crippen molar-refractivity contribution in [3.63, 3.8) is 0 Å². The molecule has 0 spiro atoms. The normalized spacial score (nSPS) is 23.8. The molecule has 2 aromatic rings. The number of ether oxygens (including phenoxy) is 1. The van der Waals surface area contributed by atoms with Crippen LogP contribution in [0.1, 0.15) is 52.0 Å². The summed E-state index contributed by atoms with van der Waals surface area (Å²) in [6, 6.07) is 14.1. The first-order valence-corrected chi connectivity index (χ1v) is 14.0. The molecule has 6 rings (SSSR count). The number of nitrogens with zero attached hydrogens (tertiary/aromatic N) is 4. The minimum atomic E-state index is -0.239. The number of fused-ring (bicyclic) bond motifs is 1. The molecule has 200 valence electrons. The number of piperidine rings is 1. The molecule has 0 unspecified atom stereocenters. The minimum absolute atomic E-state index is 0.0795. The lowest BCUT2D eigenvalue weighted by Crippen LogP contribution is -2.52. The van der Waals surface area contributed by atoms with Crippen molar-refractivity contribution >= 4 is 29.1 Å². The molecular weight excluding hydrogens is 480 g/mol. The third-order valence-electron chi connectivity index (χ3n) is 8.49. The Labute approximate surface area is 224 Å². The first-order valence-electron chi connectivity index (χ1n) is 14.0. The van der Waals surface area contributed by atoms with E-state index < -0.39 is 0 Å². The molecule has 2 aromatic carbocycles. The Hall–Kier alpha value is -3.39. The fourth-order valence-electron chi connectivity index (χ4n) is 6.33. The monoisotopic (exact) mass is 516 g/mol. The molecule has 0 aromatic heterocycles. The topological polar surface area (TPSA) is 73.4 Å². The van der Waals surface area contributed by atoms with Crippen LogP contribution in [0.15, 0.2) is 42.5 Å². The first kappa shape index (κ1) is 24.9. The zero-order chi connectivity index (χ0) is 26.2. The smallest absolute Gasteiger partial charge is 0.263 e. The molecule has 4 heterocycles. The molecule has 2 atom stereocenters. The number of carbonyl (C=O) groups excluding carboxylic acids is 3. The number of aryl methyl sites for hydroxylation is 1. The van der Waals surface area contributed by atoms with Gasteiger partial charge in [-0.25, -0.2) is 0 Å². The zero-order valence-corrected chi connectivity index (χ0v) is 22.1. The molecule has 4 aliphatic rings. The van der Waals surface area contributed by atoms with Gasteiger partial charge in [0.1, 0.15) is 0 Å². The highest BCUT2D eigenvalue weighted by atomic mass is 16.5. The highest BCUT2D eigenvalue weighted by molar-refractivity contribution is 6.23. The van der Waals surface area contributed by atoms with E-state index in [0.717, 1.165) is 64.1 Å². The summed E-state index contributed by atoms with van der Waals surface area (Å²) in [6.07, 6.45) is 3.48. The molecule has 38 heavy (non-hydrogen) atoms. The van der Waals surface area contributed by atoms with Gasteiger partial charge in [-0.15, -0.1) is 0 Å². The lowest BCUT2D eigenvalue weighted by atomic mass is 9.94. The summed E-state index contributed by atoms with van der Waals surface area (Å²) in [5.74, 6) is -0.385. The SMILES string of the molecule is Cc1ccc(N2CCN(C(=O)[C@@H]3CCCN(c4cccc5c4C(=O)N(C[C@H]4CCCO4)C5=O)C3)CC2)cc1. The van der Waals surface area contributed by atoms with Crippen LogP contribution in [-0.4, -0.2) is 86.0 Å². The van der Waals surface area contributed by atoms with Gasteiger partial charge in [0.15, 0.2) is 0 Å². The molecule has 0 N–H and O–H groups in total. The molecule has 0 saturated carbocycles. The van der Waals surface area contributed by atoms with Crippen LogP contribution in [0.4, 0.5) is 11.4 Å². The van der Waals surface area contributed by atoms with Crippen molar-refractivity contribution < 1.29 is 19.1 Å². The maximum atomic E-state index is 13.6. The third-order valence-corrected chi connectivity index (χ3v) is 8.49. The van der Waals surface area contributed by atoms with E-state index in [9.17, 15) is 14.4 Å². The first-order chi connectivity index (χ1) is 18.5. The number of hydrogen-bond acceptors (Lipinski definition) is 6. The molecular formula is C30H36N4O4. The Kier molecular flexibility index (Phi) is 6.82. The number of anilines is 2. The van der Waals surface area contributed by atoms with Gasteiger partial charge < -0.3 is 19.4 Å². The molecule has 0 radical (unpaired) electrons. The predicted molar refractivity (Wildman–Crippen MR) is 146 cm³/mol. The van der Waals surface area contributed by atoms with E-state index >= 15 is 0 Å². The van der Waals surface area contributed by atoms with Crippen LogP contribution in [0.5, 0.6) is 0 Å². The molecule has 3 amide bonds. The van der Waals surface area contributed by atoms with Crippen LogP contribution in [0, 0.1) is 12.8 Å². The summed E-state index contributed by atoms with van der Waals surface area (Å²) in [5.41, 5.74) is 4.17. The molecule has 3 saturated heterocycles. The van der Waals surface area contributed by atoms with Gasteiger partial charge in [-0.05, 0) is 56.9 Å². The summed E-state index contributed by atoms with van der Waals surface area (Å²) < 4.78 is 5.69. The zero-order valence-electron chi connectivity index (χ0n) is 22.1. The average molecular weight is 517 g/mol. The number of rotatable bonds is 5. The Morgan fingerprint density at radius 3 is 2.42 bits per heavy atom. The van der Waals surface area contributed by atoms with Crippen LogP contribution in [0.3, 0.4) is 0 Å². The molecule has 0 aliphatic carbocycles. The van der Waals surface area contributed by atoms with Crippen molar-refractivity contribution in [2.45, 2.75) is 38.7 Å². The van der Waals surface area contributed by atoms with Gasteiger partial charge in [0.2, 0.25) is 5.91 Å².